The number of esters is 3. The van der Waals surface area contributed by atoms with Crippen LogP contribution < -0.4 is 0 Å². The molecule has 0 aliphatic carbocycles. The lowest BCUT2D eigenvalue weighted by molar-refractivity contribution is -0.167. The van der Waals surface area contributed by atoms with Crippen LogP contribution >= 0.6 is 0 Å². The zero-order chi connectivity index (χ0) is 52.9. The molecular formula is C67H120O6. The minimum Gasteiger partial charge on any atom is -0.462 e. The average molecular weight is 1020 g/mol. The van der Waals surface area contributed by atoms with Crippen molar-refractivity contribution in [2.45, 2.75) is 335 Å². The summed E-state index contributed by atoms with van der Waals surface area (Å²) < 4.78 is 16.9. The predicted molar refractivity (Wildman–Crippen MR) is 316 cm³/mol. The second-order valence-electron chi connectivity index (χ2n) is 21.3. The summed E-state index contributed by atoms with van der Waals surface area (Å²) >= 11 is 0. The van der Waals surface area contributed by atoms with E-state index in [9.17, 15) is 14.4 Å². The summed E-state index contributed by atoms with van der Waals surface area (Å²) in [6.07, 6.45) is 77.9. The van der Waals surface area contributed by atoms with Gasteiger partial charge in [-0.2, -0.15) is 0 Å². The van der Waals surface area contributed by atoms with E-state index < -0.39 is 6.10 Å². The fourth-order valence-electron chi connectivity index (χ4n) is 9.30. The van der Waals surface area contributed by atoms with Crippen molar-refractivity contribution in [3.63, 3.8) is 0 Å². The Bertz CT molecular complexity index is 1310. The molecule has 0 saturated heterocycles. The van der Waals surface area contributed by atoms with Crippen molar-refractivity contribution in [1.29, 1.82) is 0 Å². The number of carbonyl (C=O) groups is 3. The van der Waals surface area contributed by atoms with Gasteiger partial charge < -0.3 is 14.2 Å². The highest BCUT2D eigenvalue weighted by molar-refractivity contribution is 5.71. The Morgan fingerprint density at radius 3 is 0.836 bits per heavy atom. The normalized spacial score (nSPS) is 12.4. The summed E-state index contributed by atoms with van der Waals surface area (Å²) in [5.74, 6) is -0.857. The molecule has 1 atom stereocenters. The van der Waals surface area contributed by atoms with E-state index in [1.807, 2.05) is 0 Å². The molecule has 0 aromatic carbocycles. The van der Waals surface area contributed by atoms with E-state index in [-0.39, 0.29) is 31.1 Å². The highest BCUT2D eigenvalue weighted by Crippen LogP contribution is 2.17. The van der Waals surface area contributed by atoms with Gasteiger partial charge in [-0.25, -0.2) is 0 Å². The quantitative estimate of drug-likeness (QED) is 0.0261. The molecule has 0 bridgehead atoms. The van der Waals surface area contributed by atoms with Gasteiger partial charge >= 0.3 is 17.9 Å². The van der Waals surface area contributed by atoms with E-state index in [0.717, 1.165) is 96.3 Å². The maximum absolute atomic E-state index is 12.9. The molecule has 0 aliphatic heterocycles. The lowest BCUT2D eigenvalue weighted by Gasteiger charge is -2.18. The van der Waals surface area contributed by atoms with Crippen LogP contribution in [-0.4, -0.2) is 37.2 Å². The Balaban J connectivity index is 4.29. The minimum atomic E-state index is -0.773. The van der Waals surface area contributed by atoms with E-state index >= 15 is 0 Å². The summed E-state index contributed by atoms with van der Waals surface area (Å²) in [5, 5.41) is 0. The molecule has 0 N–H and O–H groups in total. The zero-order valence-corrected chi connectivity index (χ0v) is 48.7. The molecule has 0 spiro atoms. The van der Waals surface area contributed by atoms with Crippen LogP contribution in [0.15, 0.2) is 60.8 Å². The van der Waals surface area contributed by atoms with E-state index in [1.54, 1.807) is 0 Å². The molecule has 0 amide bonds. The van der Waals surface area contributed by atoms with Crippen molar-refractivity contribution in [3.05, 3.63) is 60.8 Å². The molecule has 6 nitrogen and oxygen atoms in total. The molecular weight excluding hydrogens is 901 g/mol. The van der Waals surface area contributed by atoms with Gasteiger partial charge in [0.25, 0.3) is 0 Å². The van der Waals surface area contributed by atoms with Crippen LogP contribution in [-0.2, 0) is 28.6 Å². The van der Waals surface area contributed by atoms with Gasteiger partial charge in [-0.15, -0.1) is 0 Å². The van der Waals surface area contributed by atoms with Gasteiger partial charge in [-0.3, -0.25) is 14.4 Å². The third-order valence-electron chi connectivity index (χ3n) is 14.0. The summed E-state index contributed by atoms with van der Waals surface area (Å²) in [6, 6.07) is 0. The van der Waals surface area contributed by atoms with Gasteiger partial charge in [0.15, 0.2) is 6.10 Å². The van der Waals surface area contributed by atoms with Crippen LogP contribution in [0.5, 0.6) is 0 Å². The van der Waals surface area contributed by atoms with Gasteiger partial charge in [0, 0.05) is 19.3 Å². The van der Waals surface area contributed by atoms with E-state index in [4.69, 9.17) is 14.2 Å². The van der Waals surface area contributed by atoms with Gasteiger partial charge in [0.05, 0.1) is 0 Å². The third-order valence-corrected chi connectivity index (χ3v) is 14.0. The Morgan fingerprint density at radius 1 is 0.288 bits per heavy atom. The topological polar surface area (TPSA) is 78.9 Å². The third kappa shape index (κ3) is 59.9. The number of ether oxygens (including phenoxy) is 3. The van der Waals surface area contributed by atoms with Crippen molar-refractivity contribution in [2.24, 2.45) is 0 Å². The number of hydrogen-bond donors (Lipinski definition) is 0. The maximum Gasteiger partial charge on any atom is 0.306 e. The average Bonchev–Trinajstić information content (AvgIpc) is 3.39. The molecule has 424 valence electrons. The lowest BCUT2D eigenvalue weighted by atomic mass is 10.0. The zero-order valence-electron chi connectivity index (χ0n) is 48.7. The van der Waals surface area contributed by atoms with Crippen LogP contribution in [0.25, 0.3) is 0 Å². The van der Waals surface area contributed by atoms with Gasteiger partial charge in [0.2, 0.25) is 0 Å². The van der Waals surface area contributed by atoms with Crippen molar-refractivity contribution >= 4 is 17.9 Å². The van der Waals surface area contributed by atoms with Crippen molar-refractivity contribution in [2.75, 3.05) is 13.2 Å². The van der Waals surface area contributed by atoms with Gasteiger partial charge in [0.1, 0.15) is 13.2 Å². The largest absolute Gasteiger partial charge is 0.462 e. The maximum atomic E-state index is 12.9. The molecule has 0 saturated carbocycles. The van der Waals surface area contributed by atoms with E-state index in [1.165, 1.54) is 193 Å². The first-order valence-electron chi connectivity index (χ1n) is 31.8. The lowest BCUT2D eigenvalue weighted by Crippen LogP contribution is -2.30. The Hall–Kier alpha value is -2.89. The highest BCUT2D eigenvalue weighted by Gasteiger charge is 2.19. The first-order chi connectivity index (χ1) is 36.0. The predicted octanol–water partition coefficient (Wildman–Crippen LogP) is 21.6. The van der Waals surface area contributed by atoms with Crippen LogP contribution in [0.3, 0.4) is 0 Å². The van der Waals surface area contributed by atoms with E-state index in [2.05, 4.69) is 81.5 Å². The number of rotatable bonds is 58. The SMILES string of the molecule is CC/C=C\C/C=C\C/C=C\C/C=C\C/C=C\CCCCCCCCCCCC(=O)OCC(COC(=O)CCCCCCCCCCCCCCC)OC(=O)CCCCCCCCCCCCCCCCCCC. The molecule has 0 fully saturated rings. The minimum absolute atomic E-state index is 0.0707. The van der Waals surface area contributed by atoms with Gasteiger partial charge in [-0.1, -0.05) is 306 Å². The highest BCUT2D eigenvalue weighted by atomic mass is 16.6. The van der Waals surface area contributed by atoms with Crippen molar-refractivity contribution in [1.82, 2.24) is 0 Å². The van der Waals surface area contributed by atoms with Crippen LogP contribution in [0.1, 0.15) is 329 Å². The molecule has 73 heavy (non-hydrogen) atoms. The Kier molecular flexibility index (Phi) is 59.2. The van der Waals surface area contributed by atoms with Crippen molar-refractivity contribution < 1.29 is 28.6 Å². The second kappa shape index (κ2) is 61.7. The number of hydrogen-bond acceptors (Lipinski definition) is 6. The number of allylic oxidation sites excluding steroid dienone is 10. The molecule has 0 rings (SSSR count). The summed E-state index contributed by atoms with van der Waals surface area (Å²) in [5.41, 5.74) is 0. The molecule has 6 heteroatoms. The van der Waals surface area contributed by atoms with Crippen molar-refractivity contribution in [3.8, 4) is 0 Å². The first-order valence-corrected chi connectivity index (χ1v) is 31.8. The second-order valence-corrected chi connectivity index (χ2v) is 21.3. The summed E-state index contributed by atoms with van der Waals surface area (Å²) in [7, 11) is 0. The molecule has 0 aromatic heterocycles. The molecule has 0 aliphatic rings. The molecule has 1 unspecified atom stereocenters. The Morgan fingerprint density at radius 2 is 0.534 bits per heavy atom. The van der Waals surface area contributed by atoms with Crippen LogP contribution in [0.4, 0.5) is 0 Å². The molecule has 0 aromatic rings. The van der Waals surface area contributed by atoms with Crippen LogP contribution in [0, 0.1) is 0 Å². The monoisotopic (exact) mass is 1020 g/mol. The summed E-state index contributed by atoms with van der Waals surface area (Å²) in [6.45, 7) is 6.57. The van der Waals surface area contributed by atoms with Gasteiger partial charge in [-0.05, 0) is 64.2 Å². The fraction of sp³-hybridized carbons (Fsp3) is 0.806. The first kappa shape index (κ1) is 70.1. The number of carbonyl (C=O) groups excluding carboxylic acids is 3. The molecule has 0 heterocycles. The van der Waals surface area contributed by atoms with E-state index in [0.29, 0.717) is 19.3 Å². The Labute approximate surface area is 453 Å². The fourth-order valence-corrected chi connectivity index (χ4v) is 9.30. The summed E-state index contributed by atoms with van der Waals surface area (Å²) in [4.78, 5) is 38.3. The van der Waals surface area contributed by atoms with Crippen LogP contribution in [0.2, 0.25) is 0 Å². The number of unbranched alkanes of at least 4 members (excludes halogenated alkanes) is 37. The molecule has 0 radical (unpaired) electrons. The standard InChI is InChI=1S/C67H120O6/c1-4-7-10-13-16-19-22-25-27-29-30-31-32-33-34-35-36-38-39-42-45-48-51-54-57-60-66(69)72-63-64(62-71-65(68)59-56-53-50-47-44-41-24-21-18-15-12-9-6-3)73-67(70)61-58-55-52-49-46-43-40-37-28-26-23-20-17-14-11-8-5-2/h7,10,16,19,25,27,30-31,33-34,64H,4-6,8-9,11-15,17-18,20-24,26,28-29,32,35-63H2,1-3H3/b10-7-,19-16-,27-25-,31-30-,34-33-. The smallest absolute Gasteiger partial charge is 0.306 e.